The van der Waals surface area contributed by atoms with Crippen LogP contribution in [0.5, 0.6) is 0 Å². The van der Waals surface area contributed by atoms with E-state index in [1.165, 1.54) is 12.8 Å². The Hall–Kier alpha value is -0.970. The Balaban J connectivity index is 1.55. The molecular formula is C14H22N2O2. The molecule has 0 spiro atoms. The van der Waals surface area contributed by atoms with Gasteiger partial charge < -0.3 is 15.2 Å². The van der Waals surface area contributed by atoms with Gasteiger partial charge in [-0.1, -0.05) is 18.9 Å². The third-order valence-electron chi connectivity index (χ3n) is 3.26. The van der Waals surface area contributed by atoms with Gasteiger partial charge in [0.2, 0.25) is 0 Å². The molecule has 0 radical (unpaired) electrons. The topological polar surface area (TPSA) is 54.4 Å². The molecule has 1 atom stereocenters. The molecule has 1 aliphatic rings. The van der Waals surface area contributed by atoms with Gasteiger partial charge >= 0.3 is 0 Å². The third kappa shape index (κ3) is 4.72. The number of nitrogens with one attached hydrogen (secondary N) is 1. The van der Waals surface area contributed by atoms with Crippen LogP contribution in [0.4, 0.5) is 0 Å². The van der Waals surface area contributed by atoms with E-state index in [1.807, 2.05) is 18.3 Å². The van der Waals surface area contributed by atoms with E-state index in [2.05, 4.69) is 10.3 Å². The minimum Gasteiger partial charge on any atom is -0.389 e. The number of pyridine rings is 1. The first-order chi connectivity index (χ1) is 8.84. The first-order valence-electron chi connectivity index (χ1n) is 6.74. The quantitative estimate of drug-likeness (QED) is 0.770. The molecule has 1 aliphatic carbocycles. The second-order valence-corrected chi connectivity index (χ2v) is 4.89. The second kappa shape index (κ2) is 7.46. The number of rotatable bonds is 7. The normalized spacial score (nSPS) is 18.1. The van der Waals surface area contributed by atoms with Gasteiger partial charge in [0.1, 0.15) is 0 Å². The van der Waals surface area contributed by atoms with Gasteiger partial charge in [0, 0.05) is 25.5 Å². The fraction of sp³-hybridized carbons (Fsp3) is 0.643. The summed E-state index contributed by atoms with van der Waals surface area (Å²) in [6.45, 7) is 1.72. The van der Waals surface area contributed by atoms with Crippen LogP contribution in [-0.4, -0.2) is 35.5 Å². The average Bonchev–Trinajstić information content (AvgIpc) is 2.91. The predicted octanol–water partition coefficient (Wildman–Crippen LogP) is 1.49. The predicted molar refractivity (Wildman–Crippen MR) is 70.2 cm³/mol. The van der Waals surface area contributed by atoms with Gasteiger partial charge in [-0.2, -0.15) is 0 Å². The molecule has 0 bridgehead atoms. The fourth-order valence-electron chi connectivity index (χ4n) is 2.25. The minimum absolute atomic E-state index is 0.373. The molecule has 2 N–H and O–H groups in total. The van der Waals surface area contributed by atoms with E-state index in [0.717, 1.165) is 24.9 Å². The van der Waals surface area contributed by atoms with Crippen molar-refractivity contribution in [3.05, 3.63) is 30.1 Å². The summed E-state index contributed by atoms with van der Waals surface area (Å²) in [6, 6.07) is 3.93. The highest BCUT2D eigenvalue weighted by molar-refractivity contribution is 5.07. The number of aliphatic hydroxyl groups excluding tert-OH is 1. The molecule has 18 heavy (non-hydrogen) atoms. The molecule has 100 valence electrons. The van der Waals surface area contributed by atoms with E-state index in [9.17, 15) is 5.11 Å². The highest BCUT2D eigenvalue weighted by atomic mass is 16.5. The fourth-order valence-corrected chi connectivity index (χ4v) is 2.25. The van der Waals surface area contributed by atoms with E-state index < -0.39 is 6.10 Å². The van der Waals surface area contributed by atoms with E-state index in [-0.39, 0.29) is 0 Å². The highest BCUT2D eigenvalue weighted by Gasteiger charge is 2.16. The van der Waals surface area contributed by atoms with Gasteiger partial charge in [-0.05, 0) is 24.5 Å². The van der Waals surface area contributed by atoms with Crippen LogP contribution in [0.15, 0.2) is 24.5 Å². The van der Waals surface area contributed by atoms with Crippen LogP contribution in [0.25, 0.3) is 0 Å². The molecule has 4 heteroatoms. The van der Waals surface area contributed by atoms with E-state index in [0.29, 0.717) is 19.3 Å². The molecule has 2 rings (SSSR count). The first-order valence-corrected chi connectivity index (χ1v) is 6.74. The maximum absolute atomic E-state index is 9.78. The number of nitrogens with zero attached hydrogens (tertiary/aromatic N) is 1. The molecule has 1 fully saturated rings. The monoisotopic (exact) mass is 250 g/mol. The molecule has 0 aliphatic heterocycles. The Bertz CT molecular complexity index is 326. The van der Waals surface area contributed by atoms with Crippen LogP contribution >= 0.6 is 0 Å². The van der Waals surface area contributed by atoms with Crippen molar-refractivity contribution >= 4 is 0 Å². The van der Waals surface area contributed by atoms with Crippen molar-refractivity contribution in [3.63, 3.8) is 0 Å². The molecule has 1 saturated carbocycles. The van der Waals surface area contributed by atoms with Gasteiger partial charge in [-0.25, -0.2) is 0 Å². The van der Waals surface area contributed by atoms with Crippen LogP contribution in [-0.2, 0) is 11.3 Å². The smallest absolute Gasteiger partial charge is 0.0897 e. The summed E-state index contributed by atoms with van der Waals surface area (Å²) in [5.74, 6) is 0. The largest absolute Gasteiger partial charge is 0.389 e. The first kappa shape index (κ1) is 13.5. The molecule has 0 amide bonds. The maximum Gasteiger partial charge on any atom is 0.0897 e. The Morgan fingerprint density at radius 2 is 2.28 bits per heavy atom. The Kier molecular flexibility index (Phi) is 5.58. The summed E-state index contributed by atoms with van der Waals surface area (Å²) in [5, 5.41) is 13.0. The molecule has 1 unspecified atom stereocenters. The second-order valence-electron chi connectivity index (χ2n) is 4.89. The zero-order valence-corrected chi connectivity index (χ0v) is 10.7. The van der Waals surface area contributed by atoms with Crippen molar-refractivity contribution in [2.45, 2.75) is 44.4 Å². The summed E-state index contributed by atoms with van der Waals surface area (Å²) >= 11 is 0. The minimum atomic E-state index is -0.428. The lowest BCUT2D eigenvalue weighted by molar-refractivity contribution is -0.00550. The summed E-state index contributed by atoms with van der Waals surface area (Å²) in [6.07, 6.45) is 8.36. The van der Waals surface area contributed by atoms with Gasteiger partial charge in [0.25, 0.3) is 0 Å². The van der Waals surface area contributed by atoms with Crippen LogP contribution in [0, 0.1) is 0 Å². The van der Waals surface area contributed by atoms with E-state index in [1.54, 1.807) is 6.20 Å². The Labute approximate surface area is 108 Å². The summed E-state index contributed by atoms with van der Waals surface area (Å²) in [7, 11) is 0. The lowest BCUT2D eigenvalue weighted by Gasteiger charge is -2.16. The SMILES string of the molecule is OC(CNCc1cccnc1)COC1CCCC1. The van der Waals surface area contributed by atoms with E-state index in [4.69, 9.17) is 4.74 Å². The van der Waals surface area contributed by atoms with Gasteiger partial charge in [-0.15, -0.1) is 0 Å². The van der Waals surface area contributed by atoms with E-state index >= 15 is 0 Å². The molecule has 1 aromatic heterocycles. The number of ether oxygens (including phenoxy) is 1. The summed E-state index contributed by atoms with van der Waals surface area (Å²) < 4.78 is 5.67. The number of aromatic nitrogens is 1. The maximum atomic E-state index is 9.78. The zero-order chi connectivity index (χ0) is 12.6. The van der Waals surface area contributed by atoms with Crippen molar-refractivity contribution in [1.29, 1.82) is 0 Å². The van der Waals surface area contributed by atoms with Gasteiger partial charge in [-0.3, -0.25) is 4.98 Å². The molecule has 1 aromatic rings. The van der Waals surface area contributed by atoms with Crippen molar-refractivity contribution in [2.75, 3.05) is 13.2 Å². The average molecular weight is 250 g/mol. The number of hydrogen-bond donors (Lipinski definition) is 2. The summed E-state index contributed by atoms with van der Waals surface area (Å²) in [4.78, 5) is 4.04. The highest BCUT2D eigenvalue weighted by Crippen LogP contribution is 2.20. The van der Waals surface area contributed by atoms with Crippen molar-refractivity contribution in [1.82, 2.24) is 10.3 Å². The molecular weight excluding hydrogens is 228 g/mol. The van der Waals surface area contributed by atoms with Crippen LogP contribution < -0.4 is 5.32 Å². The standard InChI is InChI=1S/C14H22N2O2/c17-13(11-18-14-5-1-2-6-14)10-16-9-12-4-3-7-15-8-12/h3-4,7-8,13-14,16-17H,1-2,5-6,9-11H2. The number of hydrogen-bond acceptors (Lipinski definition) is 4. The lowest BCUT2D eigenvalue weighted by atomic mass is 10.2. The Morgan fingerprint density at radius 3 is 3.00 bits per heavy atom. The molecule has 0 aromatic carbocycles. The summed E-state index contributed by atoms with van der Waals surface area (Å²) in [5.41, 5.74) is 1.13. The Morgan fingerprint density at radius 1 is 1.44 bits per heavy atom. The van der Waals surface area contributed by atoms with Crippen molar-refractivity contribution in [3.8, 4) is 0 Å². The molecule has 4 nitrogen and oxygen atoms in total. The zero-order valence-electron chi connectivity index (χ0n) is 10.7. The third-order valence-corrected chi connectivity index (χ3v) is 3.26. The van der Waals surface area contributed by atoms with Crippen LogP contribution in [0.3, 0.4) is 0 Å². The number of aliphatic hydroxyl groups is 1. The van der Waals surface area contributed by atoms with Crippen molar-refractivity contribution < 1.29 is 9.84 Å². The van der Waals surface area contributed by atoms with Crippen LogP contribution in [0.2, 0.25) is 0 Å². The van der Waals surface area contributed by atoms with Crippen LogP contribution in [0.1, 0.15) is 31.2 Å². The molecule has 1 heterocycles. The lowest BCUT2D eigenvalue weighted by Crippen LogP contribution is -2.31. The van der Waals surface area contributed by atoms with Gasteiger partial charge in [0.15, 0.2) is 0 Å². The van der Waals surface area contributed by atoms with Crippen molar-refractivity contribution in [2.24, 2.45) is 0 Å². The van der Waals surface area contributed by atoms with Gasteiger partial charge in [0.05, 0.1) is 18.8 Å². The molecule has 0 saturated heterocycles.